The predicted molar refractivity (Wildman–Crippen MR) is 133 cm³/mol. The first-order valence-corrected chi connectivity index (χ1v) is 12.5. The average molecular weight is 474 g/mol. The van der Waals surface area contributed by atoms with E-state index in [4.69, 9.17) is 10.2 Å². The van der Waals surface area contributed by atoms with Crippen molar-refractivity contribution in [1.82, 2.24) is 19.2 Å². The monoisotopic (exact) mass is 473 g/mol. The summed E-state index contributed by atoms with van der Waals surface area (Å²) >= 11 is 0. The van der Waals surface area contributed by atoms with E-state index in [9.17, 15) is 8.42 Å². The molecule has 0 amide bonds. The molecule has 7 nitrogen and oxygen atoms in total. The summed E-state index contributed by atoms with van der Waals surface area (Å²) in [5.74, 6) is 0.832. The first-order chi connectivity index (χ1) is 16.4. The van der Waals surface area contributed by atoms with Crippen LogP contribution in [0.15, 0.2) is 77.7 Å². The maximum atomic E-state index is 12.8. The van der Waals surface area contributed by atoms with Crippen molar-refractivity contribution in [2.45, 2.75) is 17.9 Å². The third-order valence-corrected chi connectivity index (χ3v) is 7.05. The Kier molecular flexibility index (Phi) is 7.08. The molecule has 0 bridgehead atoms. The minimum Gasteiger partial charge on any atom is -0.323 e. The van der Waals surface area contributed by atoms with Gasteiger partial charge in [-0.2, -0.15) is 5.26 Å². The molecule has 3 aromatic carbocycles. The van der Waals surface area contributed by atoms with Gasteiger partial charge in [0.1, 0.15) is 5.82 Å². The summed E-state index contributed by atoms with van der Waals surface area (Å²) in [5.41, 5.74) is 4.28. The van der Waals surface area contributed by atoms with Gasteiger partial charge >= 0.3 is 0 Å². The van der Waals surface area contributed by atoms with Crippen molar-refractivity contribution in [3.05, 3.63) is 95.3 Å². The number of hydrogen-bond acceptors (Lipinski definition) is 5. The summed E-state index contributed by atoms with van der Waals surface area (Å²) in [6.07, 6.45) is 0.566. The number of rotatable bonds is 9. The van der Waals surface area contributed by atoms with E-state index in [2.05, 4.69) is 27.5 Å². The van der Waals surface area contributed by atoms with Gasteiger partial charge in [-0.15, -0.1) is 0 Å². The summed E-state index contributed by atoms with van der Waals surface area (Å²) in [6.45, 7) is 1.57. The Hall–Kier alpha value is -3.51. The van der Waals surface area contributed by atoms with Crippen molar-refractivity contribution in [3.63, 3.8) is 0 Å². The molecule has 174 valence electrons. The Labute approximate surface area is 200 Å². The molecule has 0 fully saturated rings. The predicted octanol–water partition coefficient (Wildman–Crippen LogP) is 3.39. The van der Waals surface area contributed by atoms with Gasteiger partial charge in [0, 0.05) is 26.1 Å². The molecule has 0 radical (unpaired) electrons. The molecule has 4 rings (SSSR count). The second kappa shape index (κ2) is 10.2. The zero-order valence-electron chi connectivity index (χ0n) is 19.3. The van der Waals surface area contributed by atoms with Gasteiger partial charge in [-0.1, -0.05) is 42.5 Å². The third kappa shape index (κ3) is 5.51. The van der Waals surface area contributed by atoms with Crippen LogP contribution in [0.1, 0.15) is 22.5 Å². The van der Waals surface area contributed by atoms with Crippen LogP contribution in [0, 0.1) is 11.3 Å². The van der Waals surface area contributed by atoms with Gasteiger partial charge in [0.2, 0.25) is 10.0 Å². The lowest BCUT2D eigenvalue weighted by atomic mass is 10.1. The average Bonchev–Trinajstić information content (AvgIpc) is 3.16. The van der Waals surface area contributed by atoms with Crippen LogP contribution in [0.3, 0.4) is 0 Å². The van der Waals surface area contributed by atoms with Crippen molar-refractivity contribution >= 4 is 21.1 Å². The largest absolute Gasteiger partial charge is 0.323 e. The molecule has 0 atom stereocenters. The van der Waals surface area contributed by atoms with Gasteiger partial charge in [-0.05, 0) is 55.6 Å². The molecule has 4 aromatic rings. The second-order valence-electron chi connectivity index (χ2n) is 8.44. The maximum Gasteiger partial charge on any atom is 0.240 e. The number of nitriles is 1. The summed E-state index contributed by atoms with van der Waals surface area (Å²) in [5, 5.41) is 9.07. The fourth-order valence-electron chi connectivity index (χ4n) is 3.77. The van der Waals surface area contributed by atoms with Crippen LogP contribution in [-0.2, 0) is 23.0 Å². The van der Waals surface area contributed by atoms with Crippen LogP contribution in [0.2, 0.25) is 0 Å². The Bertz CT molecular complexity index is 1420. The van der Waals surface area contributed by atoms with E-state index in [-0.39, 0.29) is 4.90 Å². The first-order valence-electron chi connectivity index (χ1n) is 11.0. The molecule has 34 heavy (non-hydrogen) atoms. The van der Waals surface area contributed by atoms with Gasteiger partial charge in [-0.3, -0.25) is 0 Å². The highest BCUT2D eigenvalue weighted by molar-refractivity contribution is 7.89. The SMILES string of the molecule is CN(C)CCNS(=O)(=O)c1ccc2c(c1)nc(Cc1ccc(C#N)cc1)n2Cc1ccccc1. The number of sulfonamides is 1. The lowest BCUT2D eigenvalue weighted by Gasteiger charge is -2.11. The van der Waals surface area contributed by atoms with Gasteiger partial charge in [0.15, 0.2) is 0 Å². The Morgan fingerprint density at radius 2 is 1.74 bits per heavy atom. The fraction of sp³-hybridized carbons (Fsp3) is 0.231. The molecule has 0 aliphatic rings. The smallest absolute Gasteiger partial charge is 0.240 e. The molecule has 1 heterocycles. The standard InChI is InChI=1S/C26H27N5O2S/c1-30(2)15-14-28-34(32,33)23-12-13-25-24(17-23)29-26(16-20-8-10-21(18-27)11-9-20)31(25)19-22-6-4-3-5-7-22/h3-13,17,28H,14-16,19H2,1-2H3. The van der Waals surface area contributed by atoms with Gasteiger partial charge in [-0.25, -0.2) is 18.1 Å². The van der Waals surface area contributed by atoms with E-state index in [1.807, 2.05) is 55.4 Å². The Morgan fingerprint density at radius 1 is 1.00 bits per heavy atom. The maximum absolute atomic E-state index is 12.8. The number of benzene rings is 3. The van der Waals surface area contributed by atoms with E-state index in [0.717, 1.165) is 22.5 Å². The van der Waals surface area contributed by atoms with Crippen LogP contribution in [0.25, 0.3) is 11.0 Å². The molecule has 0 aliphatic heterocycles. The van der Waals surface area contributed by atoms with Gasteiger partial charge in [0.25, 0.3) is 0 Å². The van der Waals surface area contributed by atoms with E-state index in [1.54, 1.807) is 24.3 Å². The normalized spacial score (nSPS) is 11.7. The molecule has 0 aliphatic carbocycles. The fourth-order valence-corrected chi connectivity index (χ4v) is 4.81. The van der Waals surface area contributed by atoms with Crippen molar-refractivity contribution in [3.8, 4) is 6.07 Å². The summed E-state index contributed by atoms with van der Waals surface area (Å²) in [7, 11) is 0.163. The lowest BCUT2D eigenvalue weighted by molar-refractivity contribution is 0.412. The van der Waals surface area contributed by atoms with Gasteiger partial charge < -0.3 is 9.47 Å². The van der Waals surface area contributed by atoms with Crippen molar-refractivity contribution in [2.75, 3.05) is 27.2 Å². The number of fused-ring (bicyclic) bond motifs is 1. The number of hydrogen-bond donors (Lipinski definition) is 1. The molecule has 0 spiro atoms. The number of nitrogens with one attached hydrogen (secondary N) is 1. The molecule has 1 N–H and O–H groups in total. The zero-order valence-corrected chi connectivity index (χ0v) is 20.1. The molecular weight excluding hydrogens is 446 g/mol. The number of nitrogens with zero attached hydrogens (tertiary/aromatic N) is 4. The molecule has 1 aromatic heterocycles. The Balaban J connectivity index is 1.71. The second-order valence-corrected chi connectivity index (χ2v) is 10.2. The molecule has 0 saturated heterocycles. The van der Waals surface area contributed by atoms with E-state index in [0.29, 0.717) is 37.1 Å². The quantitative estimate of drug-likeness (QED) is 0.402. The van der Waals surface area contributed by atoms with Gasteiger partial charge in [0.05, 0.1) is 27.6 Å². The van der Waals surface area contributed by atoms with Crippen LogP contribution in [0.4, 0.5) is 0 Å². The number of imidazole rings is 1. The summed E-state index contributed by atoms with van der Waals surface area (Å²) < 4.78 is 30.4. The van der Waals surface area contributed by atoms with Crippen LogP contribution in [0.5, 0.6) is 0 Å². The lowest BCUT2D eigenvalue weighted by Crippen LogP contribution is -2.31. The van der Waals surface area contributed by atoms with Crippen LogP contribution in [-0.4, -0.2) is 50.1 Å². The molecule has 0 unspecified atom stereocenters. The zero-order chi connectivity index (χ0) is 24.1. The van der Waals surface area contributed by atoms with Crippen molar-refractivity contribution < 1.29 is 8.42 Å². The highest BCUT2D eigenvalue weighted by atomic mass is 32.2. The topological polar surface area (TPSA) is 91.0 Å². The van der Waals surface area contributed by atoms with E-state index < -0.39 is 10.0 Å². The minimum atomic E-state index is -3.63. The number of aromatic nitrogens is 2. The van der Waals surface area contributed by atoms with Crippen LogP contribution < -0.4 is 4.72 Å². The summed E-state index contributed by atoms with van der Waals surface area (Å²) in [6, 6.07) is 24.8. The minimum absolute atomic E-state index is 0.202. The molecule has 0 saturated carbocycles. The summed E-state index contributed by atoms with van der Waals surface area (Å²) in [4.78, 5) is 6.95. The molecular formula is C26H27N5O2S. The van der Waals surface area contributed by atoms with Crippen LogP contribution >= 0.6 is 0 Å². The highest BCUT2D eigenvalue weighted by Gasteiger charge is 2.18. The van der Waals surface area contributed by atoms with Crippen molar-refractivity contribution in [1.29, 1.82) is 5.26 Å². The van der Waals surface area contributed by atoms with Crippen molar-refractivity contribution in [2.24, 2.45) is 0 Å². The highest BCUT2D eigenvalue weighted by Crippen LogP contribution is 2.23. The molecule has 8 heteroatoms. The van der Waals surface area contributed by atoms with E-state index in [1.165, 1.54) is 0 Å². The van der Waals surface area contributed by atoms with E-state index >= 15 is 0 Å². The Morgan fingerprint density at radius 3 is 2.41 bits per heavy atom. The third-order valence-electron chi connectivity index (χ3n) is 5.59. The number of likely N-dealkylation sites (N-methyl/N-ethyl adjacent to an activating group) is 1. The first kappa shape index (κ1) is 23.6.